The largest absolute Gasteiger partial charge is 0.455 e. The third kappa shape index (κ3) is 3.74. The maximum Gasteiger partial charge on any atom is 0.229 e. The highest BCUT2D eigenvalue weighted by atomic mass is 32.1. The highest BCUT2D eigenvalue weighted by Crippen LogP contribution is 2.29. The number of ether oxygens (including phenoxy) is 1. The molecule has 3 rings (SSSR count). The molecule has 0 aliphatic carbocycles. The molecule has 110 valence electrons. The van der Waals surface area contributed by atoms with Crippen LogP contribution < -0.4 is 10.1 Å². The summed E-state index contributed by atoms with van der Waals surface area (Å²) in [6, 6.07) is 20.8. The fraction of sp³-hybridized carbons (Fsp3) is 0.0556. The standard InChI is InChI=1S/C18H15NO2S/c20-18(13-15-9-6-12-22-15)19-16-10-4-5-11-17(16)21-14-7-2-1-3-8-14/h1-12H,13H2,(H,19,20). The first kappa shape index (κ1) is 14.4. The van der Waals surface area contributed by atoms with E-state index in [1.54, 1.807) is 11.3 Å². The average molecular weight is 309 g/mol. The first-order chi connectivity index (χ1) is 10.8. The summed E-state index contributed by atoms with van der Waals surface area (Å²) >= 11 is 1.58. The summed E-state index contributed by atoms with van der Waals surface area (Å²) in [6.07, 6.45) is 0.372. The summed E-state index contributed by atoms with van der Waals surface area (Å²) in [6.45, 7) is 0. The minimum atomic E-state index is -0.0495. The van der Waals surface area contributed by atoms with Crippen LogP contribution >= 0.6 is 11.3 Å². The lowest BCUT2D eigenvalue weighted by Gasteiger charge is -2.12. The molecule has 0 aliphatic heterocycles. The Kier molecular flexibility index (Phi) is 4.51. The molecular weight excluding hydrogens is 294 g/mol. The van der Waals surface area contributed by atoms with Crippen LogP contribution in [0.15, 0.2) is 72.1 Å². The number of hydrogen-bond donors (Lipinski definition) is 1. The second-order valence-electron chi connectivity index (χ2n) is 4.72. The minimum Gasteiger partial charge on any atom is -0.455 e. The Morgan fingerprint density at radius 2 is 1.73 bits per heavy atom. The molecule has 0 unspecified atom stereocenters. The van der Waals surface area contributed by atoms with Gasteiger partial charge in [-0.15, -0.1) is 11.3 Å². The molecule has 0 bridgehead atoms. The topological polar surface area (TPSA) is 38.3 Å². The Labute approximate surface area is 133 Å². The molecule has 2 aromatic carbocycles. The maximum atomic E-state index is 12.1. The summed E-state index contributed by atoms with van der Waals surface area (Å²) in [7, 11) is 0. The highest BCUT2D eigenvalue weighted by Gasteiger charge is 2.09. The Balaban J connectivity index is 1.72. The highest BCUT2D eigenvalue weighted by molar-refractivity contribution is 7.10. The molecule has 3 nitrogen and oxygen atoms in total. The van der Waals surface area contributed by atoms with E-state index in [1.807, 2.05) is 72.1 Å². The van der Waals surface area contributed by atoms with Crippen LogP contribution in [0.4, 0.5) is 5.69 Å². The van der Waals surface area contributed by atoms with Crippen molar-refractivity contribution >= 4 is 22.9 Å². The predicted octanol–water partition coefficient (Wildman–Crippen LogP) is 4.72. The van der Waals surface area contributed by atoms with Crippen molar-refractivity contribution in [1.29, 1.82) is 0 Å². The van der Waals surface area contributed by atoms with E-state index >= 15 is 0 Å². The molecule has 0 aliphatic rings. The van der Waals surface area contributed by atoms with Crippen molar-refractivity contribution in [3.05, 3.63) is 77.0 Å². The number of anilines is 1. The molecule has 4 heteroatoms. The molecule has 1 amide bonds. The van der Waals surface area contributed by atoms with Crippen LogP contribution in [-0.2, 0) is 11.2 Å². The van der Waals surface area contributed by atoms with Crippen molar-refractivity contribution in [3.8, 4) is 11.5 Å². The van der Waals surface area contributed by atoms with Gasteiger partial charge in [0.05, 0.1) is 12.1 Å². The maximum absolute atomic E-state index is 12.1. The van der Waals surface area contributed by atoms with E-state index in [1.165, 1.54) is 0 Å². The predicted molar refractivity (Wildman–Crippen MR) is 89.6 cm³/mol. The third-order valence-electron chi connectivity index (χ3n) is 3.05. The normalized spacial score (nSPS) is 10.2. The molecular formula is C18H15NO2S. The van der Waals surface area contributed by atoms with Crippen LogP contribution in [-0.4, -0.2) is 5.91 Å². The second-order valence-corrected chi connectivity index (χ2v) is 5.75. The Bertz CT molecular complexity index is 739. The summed E-state index contributed by atoms with van der Waals surface area (Å²) in [5.41, 5.74) is 0.674. The van der Waals surface area contributed by atoms with Gasteiger partial charge in [0.25, 0.3) is 0 Å². The molecule has 0 radical (unpaired) electrons. The van der Waals surface area contributed by atoms with Gasteiger partial charge < -0.3 is 10.1 Å². The van der Waals surface area contributed by atoms with Crippen LogP contribution in [0.2, 0.25) is 0 Å². The van der Waals surface area contributed by atoms with Crippen LogP contribution in [0.3, 0.4) is 0 Å². The van der Waals surface area contributed by atoms with Crippen molar-refractivity contribution in [2.24, 2.45) is 0 Å². The fourth-order valence-corrected chi connectivity index (χ4v) is 2.74. The van der Waals surface area contributed by atoms with Gasteiger partial charge in [0.15, 0.2) is 5.75 Å². The number of carbonyl (C=O) groups is 1. The summed E-state index contributed by atoms with van der Waals surface area (Å²) in [5, 5.41) is 4.88. The smallest absolute Gasteiger partial charge is 0.229 e. The van der Waals surface area contributed by atoms with Crippen LogP contribution in [0.1, 0.15) is 4.88 Å². The van der Waals surface area contributed by atoms with Crippen molar-refractivity contribution in [2.45, 2.75) is 6.42 Å². The quantitative estimate of drug-likeness (QED) is 0.740. The average Bonchev–Trinajstić information content (AvgIpc) is 3.03. The molecule has 1 heterocycles. The summed E-state index contributed by atoms with van der Waals surface area (Å²) < 4.78 is 5.83. The number of rotatable bonds is 5. The molecule has 0 saturated heterocycles. The van der Waals surface area contributed by atoms with E-state index in [0.717, 1.165) is 10.6 Å². The zero-order chi connectivity index (χ0) is 15.2. The zero-order valence-electron chi connectivity index (χ0n) is 11.9. The lowest BCUT2D eigenvalue weighted by Crippen LogP contribution is -2.14. The van der Waals surface area contributed by atoms with Gasteiger partial charge >= 0.3 is 0 Å². The van der Waals surface area contributed by atoms with Crippen LogP contribution in [0, 0.1) is 0 Å². The first-order valence-corrected chi connectivity index (χ1v) is 7.83. The van der Waals surface area contributed by atoms with Gasteiger partial charge in [0.2, 0.25) is 5.91 Å². The molecule has 0 fully saturated rings. The van der Waals surface area contributed by atoms with Gasteiger partial charge in [-0.25, -0.2) is 0 Å². The van der Waals surface area contributed by atoms with Gasteiger partial charge in [-0.05, 0) is 35.7 Å². The van der Waals surface area contributed by atoms with Crippen LogP contribution in [0.5, 0.6) is 11.5 Å². The lowest BCUT2D eigenvalue weighted by molar-refractivity contribution is -0.115. The Hall–Kier alpha value is -2.59. The van der Waals surface area contributed by atoms with E-state index < -0.39 is 0 Å². The molecule has 0 saturated carbocycles. The van der Waals surface area contributed by atoms with Crippen molar-refractivity contribution in [2.75, 3.05) is 5.32 Å². The molecule has 0 atom stereocenters. The van der Waals surface area contributed by atoms with Gasteiger partial charge in [0.1, 0.15) is 5.75 Å². The van der Waals surface area contributed by atoms with Crippen LogP contribution in [0.25, 0.3) is 0 Å². The Morgan fingerprint density at radius 3 is 2.50 bits per heavy atom. The summed E-state index contributed by atoms with van der Waals surface area (Å²) in [4.78, 5) is 13.2. The minimum absolute atomic E-state index is 0.0495. The van der Waals surface area contributed by atoms with E-state index in [-0.39, 0.29) is 5.91 Å². The van der Waals surface area contributed by atoms with Crippen molar-refractivity contribution < 1.29 is 9.53 Å². The first-order valence-electron chi connectivity index (χ1n) is 6.95. The lowest BCUT2D eigenvalue weighted by atomic mass is 10.2. The molecule has 22 heavy (non-hydrogen) atoms. The number of para-hydroxylation sites is 3. The van der Waals surface area contributed by atoms with Gasteiger partial charge in [-0.2, -0.15) is 0 Å². The van der Waals surface area contributed by atoms with Crippen molar-refractivity contribution in [1.82, 2.24) is 0 Å². The molecule has 1 aromatic heterocycles. The van der Waals surface area contributed by atoms with E-state index in [4.69, 9.17) is 4.74 Å². The number of nitrogens with one attached hydrogen (secondary N) is 1. The van der Waals surface area contributed by atoms with Gasteiger partial charge in [-0.1, -0.05) is 36.4 Å². The third-order valence-corrected chi connectivity index (χ3v) is 3.92. The number of carbonyl (C=O) groups excluding carboxylic acids is 1. The zero-order valence-corrected chi connectivity index (χ0v) is 12.7. The van der Waals surface area contributed by atoms with E-state index in [9.17, 15) is 4.79 Å². The number of thiophene rings is 1. The molecule has 1 N–H and O–H groups in total. The van der Waals surface area contributed by atoms with E-state index in [0.29, 0.717) is 17.9 Å². The summed E-state index contributed by atoms with van der Waals surface area (Å²) in [5.74, 6) is 1.32. The second kappa shape index (κ2) is 6.91. The monoisotopic (exact) mass is 309 g/mol. The van der Waals surface area contributed by atoms with E-state index in [2.05, 4.69) is 5.32 Å². The number of amides is 1. The Morgan fingerprint density at radius 1 is 0.955 bits per heavy atom. The molecule has 3 aromatic rings. The van der Waals surface area contributed by atoms with Gasteiger partial charge in [0, 0.05) is 4.88 Å². The SMILES string of the molecule is O=C(Cc1cccs1)Nc1ccccc1Oc1ccccc1. The fourth-order valence-electron chi connectivity index (χ4n) is 2.04. The molecule has 0 spiro atoms. The number of benzene rings is 2. The van der Waals surface area contributed by atoms with Crippen molar-refractivity contribution in [3.63, 3.8) is 0 Å². The van der Waals surface area contributed by atoms with Gasteiger partial charge in [-0.3, -0.25) is 4.79 Å². The number of hydrogen-bond acceptors (Lipinski definition) is 3.